The lowest BCUT2D eigenvalue weighted by Gasteiger charge is -2.06. The Morgan fingerprint density at radius 3 is 2.62 bits per heavy atom. The number of benzene rings is 1. The van der Waals surface area contributed by atoms with E-state index in [1.54, 1.807) is 10.9 Å². The van der Waals surface area contributed by atoms with Gasteiger partial charge in [-0.05, 0) is 24.1 Å². The fraction of sp³-hybridized carbons (Fsp3) is 0.312. The first kappa shape index (κ1) is 16.6. The van der Waals surface area contributed by atoms with Crippen molar-refractivity contribution in [1.29, 1.82) is 0 Å². The molecule has 5 nitrogen and oxygen atoms in total. The molecule has 2 N–H and O–H groups in total. The van der Waals surface area contributed by atoms with Crippen LogP contribution in [-0.4, -0.2) is 25.3 Å². The standard InChI is InChI=1S/C16H17F2N5S/c1-2-3-4-24-16-21-14(19)13-15(22-16)23(9-20-13)8-10-5-11(17)7-12(18)6-10/h5-7,9H,2-4,8H2,1H3,(H2,19,21,22). The van der Waals surface area contributed by atoms with Gasteiger partial charge in [-0.2, -0.15) is 0 Å². The number of hydrogen-bond donors (Lipinski definition) is 1. The number of thioether (sulfide) groups is 1. The van der Waals surface area contributed by atoms with Gasteiger partial charge >= 0.3 is 0 Å². The van der Waals surface area contributed by atoms with Gasteiger partial charge in [0.15, 0.2) is 16.6 Å². The minimum absolute atomic E-state index is 0.251. The second-order valence-corrected chi connectivity index (χ2v) is 6.48. The first-order chi connectivity index (χ1) is 11.6. The Labute approximate surface area is 142 Å². The van der Waals surface area contributed by atoms with Gasteiger partial charge in [0.25, 0.3) is 0 Å². The summed E-state index contributed by atoms with van der Waals surface area (Å²) in [4.78, 5) is 13.0. The molecule has 0 aliphatic carbocycles. The van der Waals surface area contributed by atoms with Crippen molar-refractivity contribution in [3.05, 3.63) is 41.7 Å². The van der Waals surface area contributed by atoms with E-state index in [1.165, 1.54) is 23.9 Å². The Hall–Kier alpha value is -2.22. The Balaban J connectivity index is 1.93. The van der Waals surface area contributed by atoms with Crippen LogP contribution >= 0.6 is 11.8 Å². The van der Waals surface area contributed by atoms with Gasteiger partial charge in [-0.3, -0.25) is 0 Å². The molecule has 0 saturated carbocycles. The normalized spacial score (nSPS) is 11.3. The summed E-state index contributed by atoms with van der Waals surface area (Å²) in [6.45, 7) is 2.37. The maximum Gasteiger partial charge on any atom is 0.191 e. The van der Waals surface area contributed by atoms with E-state index in [1.807, 2.05) is 0 Å². The molecule has 8 heteroatoms. The van der Waals surface area contributed by atoms with Crippen LogP contribution in [0.1, 0.15) is 25.3 Å². The van der Waals surface area contributed by atoms with E-state index < -0.39 is 11.6 Å². The van der Waals surface area contributed by atoms with E-state index in [4.69, 9.17) is 5.73 Å². The van der Waals surface area contributed by atoms with Crippen LogP contribution in [0, 0.1) is 11.6 Å². The molecule has 0 spiro atoms. The van der Waals surface area contributed by atoms with Crippen LogP contribution in [0.5, 0.6) is 0 Å². The fourth-order valence-corrected chi connectivity index (χ4v) is 3.26. The molecule has 3 aromatic rings. The summed E-state index contributed by atoms with van der Waals surface area (Å²) >= 11 is 1.53. The molecule has 2 heterocycles. The smallest absolute Gasteiger partial charge is 0.191 e. The number of aromatic nitrogens is 4. The predicted molar refractivity (Wildman–Crippen MR) is 90.8 cm³/mol. The lowest BCUT2D eigenvalue weighted by atomic mass is 10.2. The highest BCUT2D eigenvalue weighted by Crippen LogP contribution is 2.23. The van der Waals surface area contributed by atoms with E-state index in [-0.39, 0.29) is 6.54 Å². The van der Waals surface area contributed by atoms with E-state index in [9.17, 15) is 8.78 Å². The second kappa shape index (κ2) is 7.12. The summed E-state index contributed by atoms with van der Waals surface area (Å²) in [5.74, 6) is -0.00746. The summed E-state index contributed by atoms with van der Waals surface area (Å²) in [5, 5.41) is 0.584. The minimum Gasteiger partial charge on any atom is -0.382 e. The summed E-state index contributed by atoms with van der Waals surface area (Å²) in [6, 6.07) is 3.42. The van der Waals surface area contributed by atoms with E-state index in [0.717, 1.165) is 24.7 Å². The van der Waals surface area contributed by atoms with Crippen LogP contribution in [0.4, 0.5) is 14.6 Å². The molecule has 0 aliphatic rings. The van der Waals surface area contributed by atoms with Crippen molar-refractivity contribution in [3.63, 3.8) is 0 Å². The topological polar surface area (TPSA) is 69.6 Å². The van der Waals surface area contributed by atoms with Crippen molar-refractivity contribution < 1.29 is 8.78 Å². The highest BCUT2D eigenvalue weighted by atomic mass is 32.2. The maximum absolute atomic E-state index is 13.4. The molecule has 0 saturated heterocycles. The number of nitrogen functional groups attached to an aromatic ring is 1. The third-order valence-corrected chi connectivity index (χ3v) is 4.41. The largest absolute Gasteiger partial charge is 0.382 e. The SMILES string of the molecule is CCCCSc1nc(N)c2ncn(Cc3cc(F)cc(F)c3)c2n1. The van der Waals surface area contributed by atoms with E-state index in [2.05, 4.69) is 21.9 Å². The van der Waals surface area contributed by atoms with Crippen LogP contribution in [0.2, 0.25) is 0 Å². The lowest BCUT2D eigenvalue weighted by Crippen LogP contribution is -2.03. The molecule has 0 atom stereocenters. The monoisotopic (exact) mass is 349 g/mol. The number of imidazole rings is 1. The van der Waals surface area contributed by atoms with Crippen LogP contribution < -0.4 is 5.73 Å². The molecule has 0 bridgehead atoms. The van der Waals surface area contributed by atoms with Gasteiger partial charge in [0.1, 0.15) is 17.2 Å². The molecule has 24 heavy (non-hydrogen) atoms. The number of unbranched alkanes of at least 4 members (excludes halogenated alkanes) is 1. The average molecular weight is 349 g/mol. The number of fused-ring (bicyclic) bond motifs is 1. The predicted octanol–water partition coefficient (Wildman–Crippen LogP) is 3.63. The molecular weight excluding hydrogens is 332 g/mol. The van der Waals surface area contributed by atoms with Crippen LogP contribution in [0.3, 0.4) is 0 Å². The first-order valence-electron chi connectivity index (χ1n) is 7.63. The second-order valence-electron chi connectivity index (χ2n) is 5.42. The Bertz CT molecular complexity index is 845. The number of halogens is 2. The van der Waals surface area contributed by atoms with Crippen LogP contribution in [-0.2, 0) is 6.54 Å². The Morgan fingerprint density at radius 1 is 1.17 bits per heavy atom. The lowest BCUT2D eigenvalue weighted by molar-refractivity contribution is 0.578. The number of hydrogen-bond acceptors (Lipinski definition) is 5. The van der Waals surface area contributed by atoms with Crippen molar-refractivity contribution in [2.45, 2.75) is 31.5 Å². The highest BCUT2D eigenvalue weighted by molar-refractivity contribution is 7.99. The summed E-state index contributed by atoms with van der Waals surface area (Å²) < 4.78 is 28.4. The van der Waals surface area contributed by atoms with E-state index in [0.29, 0.717) is 27.7 Å². The quantitative estimate of drug-likeness (QED) is 0.418. The average Bonchev–Trinajstić information content (AvgIpc) is 2.90. The highest BCUT2D eigenvalue weighted by Gasteiger charge is 2.12. The van der Waals surface area contributed by atoms with Gasteiger partial charge in [0, 0.05) is 11.8 Å². The van der Waals surface area contributed by atoms with Gasteiger partial charge in [0.2, 0.25) is 0 Å². The van der Waals surface area contributed by atoms with Crippen molar-refractivity contribution in [1.82, 2.24) is 19.5 Å². The number of nitrogens with zero attached hydrogens (tertiary/aromatic N) is 4. The van der Waals surface area contributed by atoms with Crippen molar-refractivity contribution >= 4 is 28.7 Å². The fourth-order valence-electron chi connectivity index (χ4n) is 2.33. The third-order valence-electron chi connectivity index (χ3n) is 3.47. The molecule has 126 valence electrons. The molecule has 0 radical (unpaired) electrons. The van der Waals surface area contributed by atoms with Gasteiger partial charge in [-0.15, -0.1) is 0 Å². The van der Waals surface area contributed by atoms with Gasteiger partial charge in [0.05, 0.1) is 12.9 Å². The van der Waals surface area contributed by atoms with Gasteiger partial charge in [-0.1, -0.05) is 25.1 Å². The summed E-state index contributed by atoms with van der Waals surface area (Å²) in [7, 11) is 0. The molecule has 0 amide bonds. The molecule has 0 aliphatic heterocycles. The van der Waals surface area contributed by atoms with Crippen molar-refractivity contribution in [2.24, 2.45) is 0 Å². The summed E-state index contributed by atoms with van der Waals surface area (Å²) in [6.07, 6.45) is 3.71. The van der Waals surface area contributed by atoms with Crippen LogP contribution in [0.25, 0.3) is 11.2 Å². The zero-order valence-corrected chi connectivity index (χ0v) is 14.0. The van der Waals surface area contributed by atoms with Gasteiger partial charge in [-0.25, -0.2) is 23.7 Å². The zero-order chi connectivity index (χ0) is 17.1. The zero-order valence-electron chi connectivity index (χ0n) is 13.2. The molecule has 0 fully saturated rings. The summed E-state index contributed by atoms with van der Waals surface area (Å²) in [5.41, 5.74) is 7.50. The first-order valence-corrected chi connectivity index (χ1v) is 8.61. The van der Waals surface area contributed by atoms with Gasteiger partial charge < -0.3 is 10.3 Å². The Kier molecular flexibility index (Phi) is 4.94. The molecule has 1 aromatic carbocycles. The molecule has 2 aromatic heterocycles. The van der Waals surface area contributed by atoms with Crippen molar-refractivity contribution in [2.75, 3.05) is 11.5 Å². The third kappa shape index (κ3) is 3.64. The van der Waals surface area contributed by atoms with E-state index >= 15 is 0 Å². The number of nitrogens with two attached hydrogens (primary N) is 1. The molecule has 3 rings (SSSR count). The Morgan fingerprint density at radius 2 is 1.92 bits per heavy atom. The number of rotatable bonds is 6. The molecular formula is C16H17F2N5S. The minimum atomic E-state index is -0.612. The van der Waals surface area contributed by atoms with Crippen molar-refractivity contribution in [3.8, 4) is 0 Å². The number of anilines is 1. The molecule has 0 unspecified atom stereocenters. The van der Waals surface area contributed by atoms with Crippen LogP contribution in [0.15, 0.2) is 29.7 Å². The maximum atomic E-state index is 13.4.